The van der Waals surface area contributed by atoms with E-state index in [9.17, 15) is 9.18 Å². The highest BCUT2D eigenvalue weighted by Gasteiger charge is 2.16. The molecule has 0 atom stereocenters. The smallest absolute Gasteiger partial charge is 0.228 e. The minimum atomic E-state index is -0.379. The van der Waals surface area contributed by atoms with Gasteiger partial charge in [-0.25, -0.2) is 4.39 Å². The van der Waals surface area contributed by atoms with Gasteiger partial charge in [0.1, 0.15) is 5.82 Å². The van der Waals surface area contributed by atoms with Gasteiger partial charge in [0.2, 0.25) is 5.91 Å². The van der Waals surface area contributed by atoms with Crippen molar-refractivity contribution in [2.45, 2.75) is 6.42 Å². The molecule has 0 saturated carbocycles. The molecule has 1 N–H and O–H groups in total. The molecule has 0 bridgehead atoms. The van der Waals surface area contributed by atoms with E-state index < -0.39 is 0 Å². The summed E-state index contributed by atoms with van der Waals surface area (Å²) < 4.78 is 19.6. The second kappa shape index (κ2) is 8.04. The van der Waals surface area contributed by atoms with Crippen LogP contribution in [0, 0.1) is 5.82 Å². The van der Waals surface area contributed by atoms with Crippen LogP contribution in [-0.2, 0) is 16.0 Å². The maximum absolute atomic E-state index is 14.4. The largest absolute Gasteiger partial charge is 0.378 e. The van der Waals surface area contributed by atoms with Crippen LogP contribution in [0.1, 0.15) is 5.56 Å². The zero-order valence-electron chi connectivity index (χ0n) is 13.4. The van der Waals surface area contributed by atoms with E-state index in [0.717, 1.165) is 0 Å². The van der Waals surface area contributed by atoms with Crippen LogP contribution < -0.4 is 10.2 Å². The minimum Gasteiger partial charge on any atom is -0.378 e. The van der Waals surface area contributed by atoms with Crippen molar-refractivity contribution < 1.29 is 13.9 Å². The molecule has 0 spiro atoms. The number of anilines is 2. The molecule has 1 aliphatic heterocycles. The van der Waals surface area contributed by atoms with E-state index >= 15 is 0 Å². The normalized spacial score (nSPS) is 14.4. The van der Waals surface area contributed by atoms with Crippen LogP contribution in [0.25, 0.3) is 0 Å². The molecule has 4 nitrogen and oxygen atoms in total. The Morgan fingerprint density at radius 2 is 1.84 bits per heavy atom. The van der Waals surface area contributed by atoms with E-state index in [1.54, 1.807) is 30.3 Å². The first kappa shape index (κ1) is 18.0. The van der Waals surface area contributed by atoms with Crippen molar-refractivity contribution in [2.75, 3.05) is 36.5 Å². The van der Waals surface area contributed by atoms with Gasteiger partial charge in [0, 0.05) is 28.8 Å². The molecule has 0 unspecified atom stereocenters. The number of hydrogen-bond donors (Lipinski definition) is 1. The quantitative estimate of drug-likeness (QED) is 0.863. The van der Waals surface area contributed by atoms with Gasteiger partial charge in [0.15, 0.2) is 0 Å². The number of nitrogens with one attached hydrogen (secondary N) is 1. The summed E-state index contributed by atoms with van der Waals surface area (Å²) in [6.45, 7) is 2.45. The Morgan fingerprint density at radius 1 is 1.16 bits per heavy atom. The lowest BCUT2D eigenvalue weighted by Crippen LogP contribution is -2.36. The van der Waals surface area contributed by atoms with E-state index in [0.29, 0.717) is 53.3 Å². The van der Waals surface area contributed by atoms with Crippen LogP contribution in [0.4, 0.5) is 15.8 Å². The number of amides is 1. The van der Waals surface area contributed by atoms with Gasteiger partial charge in [-0.2, -0.15) is 0 Å². The van der Waals surface area contributed by atoms with Crippen LogP contribution in [0.5, 0.6) is 0 Å². The van der Waals surface area contributed by atoms with Crippen molar-refractivity contribution >= 4 is 40.5 Å². The zero-order valence-corrected chi connectivity index (χ0v) is 14.9. The molecule has 1 aliphatic rings. The van der Waals surface area contributed by atoms with Crippen molar-refractivity contribution in [3.8, 4) is 0 Å². The van der Waals surface area contributed by atoms with E-state index in [1.165, 1.54) is 6.07 Å². The molecule has 7 heteroatoms. The lowest BCUT2D eigenvalue weighted by molar-refractivity contribution is -0.115. The van der Waals surface area contributed by atoms with E-state index in [2.05, 4.69) is 5.32 Å². The summed E-state index contributed by atoms with van der Waals surface area (Å²) in [4.78, 5) is 14.1. The predicted octanol–water partition coefficient (Wildman–Crippen LogP) is 4.15. The SMILES string of the molecule is O=C(Cc1c(Cl)cccc1Cl)Nc1ccc(N2CCOCC2)c(F)c1. The van der Waals surface area contributed by atoms with Gasteiger partial charge in [-0.05, 0) is 35.9 Å². The fourth-order valence-electron chi connectivity index (χ4n) is 2.71. The van der Waals surface area contributed by atoms with Crippen LogP contribution in [-0.4, -0.2) is 32.2 Å². The molecule has 0 aliphatic carbocycles. The zero-order chi connectivity index (χ0) is 17.8. The molecule has 1 fully saturated rings. The molecule has 0 aromatic heterocycles. The first-order valence-electron chi connectivity index (χ1n) is 7.89. The average molecular weight is 383 g/mol. The summed E-state index contributed by atoms with van der Waals surface area (Å²) in [5.74, 6) is -0.691. The molecule has 0 radical (unpaired) electrons. The molecule has 1 saturated heterocycles. The number of halogens is 3. The summed E-state index contributed by atoms with van der Waals surface area (Å²) in [6, 6.07) is 9.72. The van der Waals surface area contributed by atoms with Crippen molar-refractivity contribution in [3.63, 3.8) is 0 Å². The summed E-state index contributed by atoms with van der Waals surface area (Å²) >= 11 is 12.1. The van der Waals surface area contributed by atoms with Gasteiger partial charge in [0.05, 0.1) is 25.3 Å². The molecule has 1 heterocycles. The van der Waals surface area contributed by atoms with Gasteiger partial charge in [-0.15, -0.1) is 0 Å². The van der Waals surface area contributed by atoms with Gasteiger partial charge in [0.25, 0.3) is 0 Å². The van der Waals surface area contributed by atoms with Gasteiger partial charge < -0.3 is 15.0 Å². The Balaban J connectivity index is 1.68. The topological polar surface area (TPSA) is 41.6 Å². The van der Waals surface area contributed by atoms with Crippen LogP contribution in [0.2, 0.25) is 10.0 Å². The van der Waals surface area contributed by atoms with Gasteiger partial charge in [-0.1, -0.05) is 29.3 Å². The van der Waals surface area contributed by atoms with Crippen LogP contribution >= 0.6 is 23.2 Å². The molecule has 2 aromatic rings. The number of carbonyl (C=O) groups excluding carboxylic acids is 1. The summed E-state index contributed by atoms with van der Waals surface area (Å²) in [6.07, 6.45) is 0.0192. The number of rotatable bonds is 4. The molecular formula is C18H17Cl2FN2O2. The van der Waals surface area contributed by atoms with Crippen LogP contribution in [0.3, 0.4) is 0 Å². The molecular weight excluding hydrogens is 366 g/mol. The van der Waals surface area contributed by atoms with E-state index in [-0.39, 0.29) is 18.1 Å². The highest BCUT2D eigenvalue weighted by molar-refractivity contribution is 6.36. The second-order valence-electron chi connectivity index (χ2n) is 5.69. The number of ether oxygens (including phenoxy) is 1. The van der Waals surface area contributed by atoms with Gasteiger partial charge >= 0.3 is 0 Å². The number of hydrogen-bond acceptors (Lipinski definition) is 3. The Hall–Kier alpha value is -1.82. The third-order valence-corrected chi connectivity index (χ3v) is 4.69. The van der Waals surface area contributed by atoms with Crippen molar-refractivity contribution in [2.24, 2.45) is 0 Å². The highest BCUT2D eigenvalue weighted by atomic mass is 35.5. The van der Waals surface area contributed by atoms with E-state index in [1.807, 2.05) is 4.90 Å². The Morgan fingerprint density at radius 3 is 2.48 bits per heavy atom. The number of morpholine rings is 1. The van der Waals surface area contributed by atoms with Gasteiger partial charge in [-0.3, -0.25) is 4.79 Å². The summed E-state index contributed by atoms with van der Waals surface area (Å²) in [5, 5.41) is 3.53. The Kier molecular flexibility index (Phi) is 5.78. The lowest BCUT2D eigenvalue weighted by atomic mass is 10.1. The summed E-state index contributed by atoms with van der Waals surface area (Å²) in [5.41, 5.74) is 1.45. The molecule has 3 rings (SSSR count). The first-order chi connectivity index (χ1) is 12.0. The number of benzene rings is 2. The standard InChI is InChI=1S/C18H17Cl2FN2O2/c19-14-2-1-3-15(20)13(14)11-18(24)22-12-4-5-17(16(21)10-12)23-6-8-25-9-7-23/h1-5,10H,6-9,11H2,(H,22,24). The second-order valence-corrected chi connectivity index (χ2v) is 6.51. The minimum absolute atomic E-state index is 0.0192. The predicted molar refractivity (Wildman–Crippen MR) is 98.2 cm³/mol. The van der Waals surface area contributed by atoms with Crippen molar-refractivity contribution in [3.05, 3.63) is 57.8 Å². The molecule has 132 valence electrons. The maximum atomic E-state index is 14.4. The fourth-order valence-corrected chi connectivity index (χ4v) is 3.24. The van der Waals surface area contributed by atoms with Crippen LogP contribution in [0.15, 0.2) is 36.4 Å². The van der Waals surface area contributed by atoms with E-state index in [4.69, 9.17) is 27.9 Å². The molecule has 2 aromatic carbocycles. The van der Waals surface area contributed by atoms with Crippen molar-refractivity contribution in [1.29, 1.82) is 0 Å². The Bertz CT molecular complexity index is 759. The molecule has 1 amide bonds. The number of carbonyl (C=O) groups is 1. The third-order valence-electron chi connectivity index (χ3n) is 3.98. The monoisotopic (exact) mass is 382 g/mol. The maximum Gasteiger partial charge on any atom is 0.228 e. The first-order valence-corrected chi connectivity index (χ1v) is 8.65. The fraction of sp³-hybridized carbons (Fsp3) is 0.278. The third kappa shape index (κ3) is 4.42. The molecule has 25 heavy (non-hydrogen) atoms. The van der Waals surface area contributed by atoms with Crippen molar-refractivity contribution in [1.82, 2.24) is 0 Å². The lowest BCUT2D eigenvalue weighted by Gasteiger charge is -2.29. The highest BCUT2D eigenvalue weighted by Crippen LogP contribution is 2.26. The Labute approximate surface area is 155 Å². The average Bonchev–Trinajstić information content (AvgIpc) is 2.59. The summed E-state index contributed by atoms with van der Waals surface area (Å²) in [7, 11) is 0. The number of nitrogens with zero attached hydrogens (tertiary/aromatic N) is 1.